The molecule has 0 aliphatic rings. The molecule has 2 rings (SSSR count). The van der Waals surface area contributed by atoms with Crippen LogP contribution in [0.25, 0.3) is 10.1 Å². The van der Waals surface area contributed by atoms with Crippen LogP contribution in [0.15, 0.2) is 30.4 Å². The van der Waals surface area contributed by atoms with E-state index in [0.29, 0.717) is 16.8 Å². The van der Waals surface area contributed by atoms with E-state index in [1.807, 2.05) is 25.1 Å². The van der Waals surface area contributed by atoms with Crippen LogP contribution in [0.1, 0.15) is 28.6 Å². The van der Waals surface area contributed by atoms with E-state index in [-0.39, 0.29) is 11.7 Å². The molecule has 0 unspecified atom stereocenters. The van der Waals surface area contributed by atoms with Gasteiger partial charge in [-0.3, -0.25) is 4.79 Å². The number of hydrogen-bond acceptors (Lipinski definition) is 2. The first-order valence-electron chi connectivity index (χ1n) is 6.22. The Morgan fingerprint density at radius 3 is 2.95 bits per heavy atom. The van der Waals surface area contributed by atoms with Gasteiger partial charge in [-0.2, -0.15) is 0 Å². The Hall–Kier alpha value is -1.68. The van der Waals surface area contributed by atoms with E-state index in [4.69, 9.17) is 0 Å². The lowest BCUT2D eigenvalue weighted by molar-refractivity contribution is 0.0958. The van der Waals surface area contributed by atoms with E-state index in [2.05, 4.69) is 5.32 Å². The molecule has 0 fully saturated rings. The highest BCUT2D eigenvalue weighted by Gasteiger charge is 2.16. The number of amides is 1. The topological polar surface area (TPSA) is 29.1 Å². The van der Waals surface area contributed by atoms with Crippen molar-refractivity contribution in [3.8, 4) is 0 Å². The molecule has 1 heterocycles. The van der Waals surface area contributed by atoms with E-state index in [1.54, 1.807) is 13.0 Å². The Kier molecular flexibility index (Phi) is 4.32. The first kappa shape index (κ1) is 13.7. The van der Waals surface area contributed by atoms with Crippen LogP contribution in [-0.4, -0.2) is 12.5 Å². The lowest BCUT2D eigenvalue weighted by atomic mass is 10.1. The van der Waals surface area contributed by atoms with Gasteiger partial charge < -0.3 is 5.32 Å². The maximum Gasteiger partial charge on any atom is 0.261 e. The molecular weight excluding hydrogens is 261 g/mol. The fourth-order valence-corrected chi connectivity index (χ4v) is 3.13. The minimum atomic E-state index is -0.265. The summed E-state index contributed by atoms with van der Waals surface area (Å²) in [7, 11) is 0. The van der Waals surface area contributed by atoms with E-state index < -0.39 is 0 Å². The van der Waals surface area contributed by atoms with Crippen molar-refractivity contribution in [1.82, 2.24) is 5.32 Å². The Morgan fingerprint density at radius 1 is 1.47 bits per heavy atom. The number of rotatable bonds is 4. The zero-order chi connectivity index (χ0) is 13.8. The standard InChI is InChI=1S/C15H16FNOS/c1-3-4-5-9-17-15(18)14-10(2)13-11(16)7-6-8-12(13)19-14/h3-4,6-8H,5,9H2,1-2H3,(H,17,18)/b4-3+. The molecule has 0 saturated carbocycles. The fourth-order valence-electron chi connectivity index (χ4n) is 1.99. The summed E-state index contributed by atoms with van der Waals surface area (Å²) in [6, 6.07) is 4.93. The van der Waals surface area contributed by atoms with Crippen molar-refractivity contribution in [3.63, 3.8) is 0 Å². The maximum absolute atomic E-state index is 13.7. The third kappa shape index (κ3) is 2.84. The predicted octanol–water partition coefficient (Wildman–Crippen LogP) is 4.04. The quantitative estimate of drug-likeness (QED) is 0.663. The Labute approximate surface area is 115 Å². The van der Waals surface area contributed by atoms with Crippen LogP contribution in [0.5, 0.6) is 0 Å². The lowest BCUT2D eigenvalue weighted by Crippen LogP contribution is -2.23. The zero-order valence-corrected chi connectivity index (χ0v) is 11.8. The molecule has 0 aliphatic heterocycles. The zero-order valence-electron chi connectivity index (χ0n) is 11.0. The van der Waals surface area contributed by atoms with Crippen LogP contribution in [0.4, 0.5) is 4.39 Å². The van der Waals surface area contributed by atoms with Gasteiger partial charge in [0.2, 0.25) is 0 Å². The van der Waals surface area contributed by atoms with E-state index in [1.165, 1.54) is 17.4 Å². The molecule has 0 spiro atoms. The monoisotopic (exact) mass is 277 g/mol. The van der Waals surface area contributed by atoms with Crippen LogP contribution in [0, 0.1) is 12.7 Å². The van der Waals surface area contributed by atoms with Crippen molar-refractivity contribution >= 4 is 27.3 Å². The SMILES string of the molecule is C/C=C/CCNC(=O)c1sc2cccc(F)c2c1C. The summed E-state index contributed by atoms with van der Waals surface area (Å²) >= 11 is 1.34. The van der Waals surface area contributed by atoms with Gasteiger partial charge in [0.25, 0.3) is 5.91 Å². The van der Waals surface area contributed by atoms with E-state index >= 15 is 0 Å². The van der Waals surface area contributed by atoms with Crippen LogP contribution in [0.2, 0.25) is 0 Å². The van der Waals surface area contributed by atoms with Gasteiger partial charge in [-0.25, -0.2) is 4.39 Å². The second-order valence-electron chi connectivity index (χ2n) is 4.28. The van der Waals surface area contributed by atoms with Gasteiger partial charge in [0.15, 0.2) is 0 Å². The second kappa shape index (κ2) is 5.97. The number of aryl methyl sites for hydroxylation is 1. The number of allylic oxidation sites excluding steroid dienone is 1. The molecule has 2 aromatic rings. The Morgan fingerprint density at radius 2 is 2.26 bits per heavy atom. The summed E-state index contributed by atoms with van der Waals surface area (Å²) in [6.07, 6.45) is 4.75. The number of hydrogen-bond donors (Lipinski definition) is 1. The minimum absolute atomic E-state index is 0.123. The molecule has 0 aliphatic carbocycles. The number of benzene rings is 1. The summed E-state index contributed by atoms with van der Waals surface area (Å²) in [5.41, 5.74) is 0.724. The predicted molar refractivity (Wildman–Crippen MR) is 78.3 cm³/mol. The summed E-state index contributed by atoms with van der Waals surface area (Å²) < 4.78 is 14.6. The highest BCUT2D eigenvalue weighted by Crippen LogP contribution is 2.32. The summed E-state index contributed by atoms with van der Waals surface area (Å²) in [4.78, 5) is 12.7. The van der Waals surface area contributed by atoms with Crippen molar-refractivity contribution in [3.05, 3.63) is 46.6 Å². The first-order chi connectivity index (χ1) is 9.15. The third-order valence-electron chi connectivity index (χ3n) is 2.94. The molecule has 4 heteroatoms. The van der Waals surface area contributed by atoms with Crippen LogP contribution in [-0.2, 0) is 0 Å². The summed E-state index contributed by atoms with van der Waals surface area (Å²) in [5, 5.41) is 3.41. The van der Waals surface area contributed by atoms with Gasteiger partial charge in [-0.1, -0.05) is 18.2 Å². The molecule has 1 amide bonds. The second-order valence-corrected chi connectivity index (χ2v) is 5.33. The largest absolute Gasteiger partial charge is 0.351 e. The molecule has 19 heavy (non-hydrogen) atoms. The highest BCUT2D eigenvalue weighted by atomic mass is 32.1. The van der Waals surface area contributed by atoms with Crippen LogP contribution < -0.4 is 5.32 Å². The number of carbonyl (C=O) groups excluding carboxylic acids is 1. The van der Waals surface area contributed by atoms with Crippen molar-refractivity contribution in [2.45, 2.75) is 20.3 Å². The molecule has 100 valence electrons. The molecular formula is C15H16FNOS. The maximum atomic E-state index is 13.7. The molecule has 1 N–H and O–H groups in total. The van der Waals surface area contributed by atoms with Crippen molar-refractivity contribution < 1.29 is 9.18 Å². The Balaban J connectivity index is 2.23. The highest BCUT2D eigenvalue weighted by molar-refractivity contribution is 7.21. The van der Waals surface area contributed by atoms with Gasteiger partial charge in [0, 0.05) is 16.6 Å². The molecule has 0 saturated heterocycles. The van der Waals surface area contributed by atoms with Gasteiger partial charge >= 0.3 is 0 Å². The van der Waals surface area contributed by atoms with Crippen molar-refractivity contribution in [1.29, 1.82) is 0 Å². The van der Waals surface area contributed by atoms with Gasteiger partial charge in [0.05, 0.1) is 4.88 Å². The Bertz CT molecular complexity index is 630. The molecule has 1 aromatic heterocycles. The average Bonchev–Trinajstić information content (AvgIpc) is 2.73. The number of fused-ring (bicyclic) bond motifs is 1. The smallest absolute Gasteiger partial charge is 0.261 e. The third-order valence-corrected chi connectivity index (χ3v) is 4.20. The number of carbonyl (C=O) groups is 1. The van der Waals surface area contributed by atoms with E-state index in [0.717, 1.165) is 16.7 Å². The van der Waals surface area contributed by atoms with Crippen molar-refractivity contribution in [2.24, 2.45) is 0 Å². The van der Waals surface area contributed by atoms with Crippen LogP contribution in [0.3, 0.4) is 0 Å². The van der Waals surface area contributed by atoms with Gasteiger partial charge in [-0.05, 0) is 38.0 Å². The molecule has 1 aromatic carbocycles. The molecule has 0 atom stereocenters. The first-order valence-corrected chi connectivity index (χ1v) is 7.03. The number of nitrogens with one attached hydrogen (secondary N) is 1. The van der Waals surface area contributed by atoms with Gasteiger partial charge in [0.1, 0.15) is 5.82 Å². The summed E-state index contributed by atoms with van der Waals surface area (Å²) in [6.45, 7) is 4.34. The van der Waals surface area contributed by atoms with Crippen molar-refractivity contribution in [2.75, 3.05) is 6.54 Å². The summed E-state index contributed by atoms with van der Waals surface area (Å²) in [5.74, 6) is -0.387. The number of halogens is 1. The normalized spacial score (nSPS) is 11.3. The molecule has 2 nitrogen and oxygen atoms in total. The van der Waals surface area contributed by atoms with Crippen LogP contribution >= 0.6 is 11.3 Å². The van der Waals surface area contributed by atoms with Gasteiger partial charge in [-0.15, -0.1) is 11.3 Å². The molecule has 0 radical (unpaired) electrons. The number of thiophene rings is 1. The fraction of sp³-hybridized carbons (Fsp3) is 0.267. The average molecular weight is 277 g/mol. The van der Waals surface area contributed by atoms with E-state index in [9.17, 15) is 9.18 Å². The minimum Gasteiger partial charge on any atom is -0.351 e. The molecule has 0 bridgehead atoms. The lowest BCUT2D eigenvalue weighted by Gasteiger charge is -2.02.